The number of guanidine groups is 1. The Morgan fingerprint density at radius 1 is 1.18 bits per heavy atom. The van der Waals surface area contributed by atoms with Gasteiger partial charge in [-0.1, -0.05) is 22.0 Å². The van der Waals surface area contributed by atoms with Crippen LogP contribution in [0, 0.1) is 0 Å². The molecule has 2 heterocycles. The molecular weight excluding hydrogens is 578 g/mol. The fourth-order valence-electron chi connectivity index (χ4n) is 4.05. The van der Waals surface area contributed by atoms with E-state index in [9.17, 15) is 34.8 Å². The third-order valence-electron chi connectivity index (χ3n) is 6.07. The Kier molecular flexibility index (Phi) is 8.70. The van der Waals surface area contributed by atoms with E-state index in [0.29, 0.717) is 33.8 Å². The van der Waals surface area contributed by atoms with Gasteiger partial charge in [-0.3, -0.25) is 19.4 Å². The molecule has 2 aromatic carbocycles. The standard InChI is InChI=1S/C25H28BrN5O8/c26-16-2-13(1-15(5-16)25(38)11-39-12-25)20(7-22(35)36)31-21(34)10-27-23(37)14-3-17(6-18(32)4-14)30-24-28-8-19(33)9-29-24/h1-6,19-20,32-33,38H,7-12H2,(H,27,37)(H,31,34)(H,35,36)(H2,28,29,30)/t20-/m0/s1. The van der Waals surface area contributed by atoms with Gasteiger partial charge in [0.15, 0.2) is 5.96 Å². The zero-order valence-corrected chi connectivity index (χ0v) is 22.2. The molecule has 0 aromatic heterocycles. The number of hydrogen-bond acceptors (Lipinski definition) is 10. The summed E-state index contributed by atoms with van der Waals surface area (Å²) >= 11 is 3.36. The summed E-state index contributed by atoms with van der Waals surface area (Å²) in [6, 6.07) is 8.08. The quantitative estimate of drug-likeness (QED) is 0.195. The molecule has 39 heavy (non-hydrogen) atoms. The number of aliphatic hydroxyl groups is 2. The van der Waals surface area contributed by atoms with Crippen LogP contribution >= 0.6 is 15.9 Å². The summed E-state index contributed by atoms with van der Waals surface area (Å²) < 4.78 is 5.69. The van der Waals surface area contributed by atoms with Crippen LogP contribution in [-0.4, -0.2) is 83.1 Å². The molecule has 208 valence electrons. The molecule has 2 aliphatic heterocycles. The predicted octanol–water partition coefficient (Wildman–Crippen LogP) is 0.167. The highest BCUT2D eigenvalue weighted by atomic mass is 79.9. The van der Waals surface area contributed by atoms with E-state index in [0.717, 1.165) is 0 Å². The molecule has 14 heteroatoms. The number of carbonyl (C=O) groups excluding carboxylic acids is 2. The number of aliphatic carboxylic acids is 1. The number of phenolic OH excluding ortho intramolecular Hbond substituents is 1. The molecule has 1 saturated heterocycles. The summed E-state index contributed by atoms with van der Waals surface area (Å²) in [5.41, 5.74) is 0.210. The van der Waals surface area contributed by atoms with Gasteiger partial charge >= 0.3 is 5.97 Å². The minimum atomic E-state index is -1.19. The normalized spacial score (nSPS) is 18.5. The van der Waals surface area contributed by atoms with Crippen molar-refractivity contribution in [1.82, 2.24) is 16.0 Å². The number of aromatic hydroxyl groups is 1. The van der Waals surface area contributed by atoms with Gasteiger partial charge in [-0.15, -0.1) is 0 Å². The number of aliphatic hydroxyl groups excluding tert-OH is 1. The number of benzene rings is 2. The van der Waals surface area contributed by atoms with E-state index in [2.05, 4.69) is 42.2 Å². The van der Waals surface area contributed by atoms with E-state index >= 15 is 0 Å². The van der Waals surface area contributed by atoms with Crippen LogP contribution in [0.1, 0.15) is 33.9 Å². The van der Waals surface area contributed by atoms with Gasteiger partial charge in [-0.25, -0.2) is 0 Å². The van der Waals surface area contributed by atoms with E-state index in [1.54, 1.807) is 18.2 Å². The zero-order chi connectivity index (χ0) is 28.2. The van der Waals surface area contributed by atoms with Gasteiger partial charge in [0.05, 0.1) is 44.9 Å². The van der Waals surface area contributed by atoms with Crippen LogP contribution < -0.4 is 21.3 Å². The molecule has 2 aliphatic rings. The summed E-state index contributed by atoms with van der Waals surface area (Å²) in [5.74, 6) is -2.27. The number of rotatable bonds is 9. The summed E-state index contributed by atoms with van der Waals surface area (Å²) in [7, 11) is 0. The number of phenols is 1. The van der Waals surface area contributed by atoms with Crippen LogP contribution in [0.3, 0.4) is 0 Å². The number of nitrogens with one attached hydrogen (secondary N) is 4. The molecular formula is C25H28BrN5O8. The van der Waals surface area contributed by atoms with Gasteiger partial charge in [0, 0.05) is 28.3 Å². The first-order valence-corrected chi connectivity index (χ1v) is 12.8. The van der Waals surface area contributed by atoms with Crippen LogP contribution in [0.25, 0.3) is 0 Å². The molecule has 4 rings (SSSR count). The maximum atomic E-state index is 12.7. The Balaban J connectivity index is 1.40. The molecule has 1 unspecified atom stereocenters. The van der Waals surface area contributed by atoms with Crippen molar-refractivity contribution in [2.45, 2.75) is 24.2 Å². The van der Waals surface area contributed by atoms with E-state index in [1.807, 2.05) is 0 Å². The molecule has 0 aliphatic carbocycles. The van der Waals surface area contributed by atoms with Crippen molar-refractivity contribution >= 4 is 45.4 Å². The zero-order valence-electron chi connectivity index (χ0n) is 20.6. The lowest BCUT2D eigenvalue weighted by molar-refractivity contribution is -0.184. The van der Waals surface area contributed by atoms with Crippen molar-refractivity contribution in [3.63, 3.8) is 0 Å². The van der Waals surface area contributed by atoms with Crippen molar-refractivity contribution < 1.29 is 39.5 Å². The first kappa shape index (κ1) is 28.3. The van der Waals surface area contributed by atoms with E-state index in [1.165, 1.54) is 18.2 Å². The van der Waals surface area contributed by atoms with E-state index < -0.39 is 48.5 Å². The maximum Gasteiger partial charge on any atom is 0.305 e. The molecule has 0 spiro atoms. The van der Waals surface area contributed by atoms with Gasteiger partial charge < -0.3 is 46.4 Å². The van der Waals surface area contributed by atoms with Gasteiger partial charge in [0.2, 0.25) is 5.91 Å². The second-order valence-corrected chi connectivity index (χ2v) is 10.2. The fraction of sp³-hybridized carbons (Fsp3) is 0.360. The van der Waals surface area contributed by atoms with Crippen molar-refractivity contribution in [1.29, 1.82) is 0 Å². The average Bonchev–Trinajstić information content (AvgIpc) is 2.86. The summed E-state index contributed by atoms with van der Waals surface area (Å²) in [6.45, 7) is 0.247. The molecule has 8 N–H and O–H groups in total. The number of hydrogen-bond donors (Lipinski definition) is 8. The van der Waals surface area contributed by atoms with Crippen LogP contribution in [0.4, 0.5) is 5.69 Å². The molecule has 0 saturated carbocycles. The Morgan fingerprint density at radius 3 is 2.59 bits per heavy atom. The van der Waals surface area contributed by atoms with Gasteiger partial charge in [0.1, 0.15) is 11.4 Å². The molecule has 2 atom stereocenters. The number of carboxylic acids is 1. The highest BCUT2D eigenvalue weighted by Crippen LogP contribution is 2.34. The van der Waals surface area contributed by atoms with Crippen molar-refractivity contribution in [3.8, 4) is 5.75 Å². The first-order chi connectivity index (χ1) is 18.5. The third kappa shape index (κ3) is 7.44. The number of aliphatic imine (C=N–C) groups is 1. The molecule has 13 nitrogen and oxygen atoms in total. The van der Waals surface area contributed by atoms with Crippen molar-refractivity contribution in [2.24, 2.45) is 4.99 Å². The molecule has 0 bridgehead atoms. The Bertz CT molecular complexity index is 1300. The summed E-state index contributed by atoms with van der Waals surface area (Å²) in [5, 5.41) is 50.5. The largest absolute Gasteiger partial charge is 0.508 e. The number of β-amino-alcohol motifs (C(OH)–C–C–N with tert-alkyl or cyclic N) is 1. The smallest absolute Gasteiger partial charge is 0.305 e. The fourth-order valence-corrected chi connectivity index (χ4v) is 4.56. The Labute approximate surface area is 231 Å². The van der Waals surface area contributed by atoms with Crippen LogP contribution in [0.15, 0.2) is 45.9 Å². The van der Waals surface area contributed by atoms with Crippen molar-refractivity contribution in [3.05, 3.63) is 57.6 Å². The number of amides is 2. The Hall–Kier alpha value is -3.72. The minimum absolute atomic E-state index is 0.0661. The van der Waals surface area contributed by atoms with Gasteiger partial charge in [-0.2, -0.15) is 0 Å². The summed E-state index contributed by atoms with van der Waals surface area (Å²) in [4.78, 5) is 41.0. The SMILES string of the molecule is O=C(O)C[C@H](NC(=O)CNC(=O)c1cc(O)cc(NC2=NCC(O)CN2)c1)c1cc(Br)cc(C2(O)COC2)c1. The Morgan fingerprint density at radius 2 is 1.95 bits per heavy atom. The molecule has 2 amide bonds. The molecule has 2 aromatic rings. The number of halogens is 1. The number of anilines is 1. The van der Waals surface area contributed by atoms with Crippen LogP contribution in [0.5, 0.6) is 5.75 Å². The van der Waals surface area contributed by atoms with Gasteiger partial charge in [0.25, 0.3) is 5.91 Å². The predicted molar refractivity (Wildman–Crippen MR) is 142 cm³/mol. The highest BCUT2D eigenvalue weighted by Gasteiger charge is 2.38. The lowest BCUT2D eigenvalue weighted by Gasteiger charge is -2.37. The average molecular weight is 606 g/mol. The molecule has 0 radical (unpaired) electrons. The number of ether oxygens (including phenoxy) is 1. The van der Waals surface area contributed by atoms with E-state index in [4.69, 9.17) is 4.74 Å². The van der Waals surface area contributed by atoms with E-state index in [-0.39, 0.29) is 31.1 Å². The van der Waals surface area contributed by atoms with Crippen LogP contribution in [-0.2, 0) is 19.9 Å². The maximum absolute atomic E-state index is 12.7. The second-order valence-electron chi connectivity index (χ2n) is 9.32. The highest BCUT2D eigenvalue weighted by molar-refractivity contribution is 9.10. The third-order valence-corrected chi connectivity index (χ3v) is 6.53. The number of carbonyl (C=O) groups is 3. The van der Waals surface area contributed by atoms with Gasteiger partial charge in [-0.05, 0) is 35.4 Å². The topological polar surface area (TPSA) is 202 Å². The number of nitrogens with zero attached hydrogens (tertiary/aromatic N) is 1. The van der Waals surface area contributed by atoms with Crippen molar-refractivity contribution in [2.75, 3.05) is 38.2 Å². The lowest BCUT2D eigenvalue weighted by Crippen LogP contribution is -2.46. The monoisotopic (exact) mass is 605 g/mol. The van der Waals surface area contributed by atoms with Crippen LogP contribution in [0.2, 0.25) is 0 Å². The lowest BCUT2D eigenvalue weighted by atomic mass is 9.89. The first-order valence-electron chi connectivity index (χ1n) is 12.0. The number of carboxylic acid groups (broad SMARTS) is 1. The minimum Gasteiger partial charge on any atom is -0.508 e. The summed E-state index contributed by atoms with van der Waals surface area (Å²) in [6.07, 6.45) is -1.03. The second kappa shape index (κ2) is 12.0. The molecule has 1 fully saturated rings.